The van der Waals surface area contributed by atoms with Crippen LogP contribution >= 0.6 is 15.9 Å². The monoisotopic (exact) mass is 273 g/mol. The highest BCUT2D eigenvalue weighted by molar-refractivity contribution is 9.10. The van der Waals surface area contributed by atoms with Gasteiger partial charge in [0.1, 0.15) is 5.75 Å². The van der Waals surface area contributed by atoms with Gasteiger partial charge in [-0.1, -0.05) is 15.9 Å². The van der Waals surface area contributed by atoms with Gasteiger partial charge in [-0.15, -0.1) is 0 Å². The van der Waals surface area contributed by atoms with Gasteiger partial charge in [-0.05, 0) is 24.6 Å². The van der Waals surface area contributed by atoms with Crippen LogP contribution in [0.15, 0.2) is 22.7 Å². The lowest BCUT2D eigenvalue weighted by Gasteiger charge is -2.06. The van der Waals surface area contributed by atoms with Crippen LogP contribution in [-0.4, -0.2) is 29.3 Å². The molecule has 0 spiro atoms. The second kappa shape index (κ2) is 5.72. The number of aliphatic hydroxyl groups excluding tert-OH is 1. The zero-order valence-corrected chi connectivity index (χ0v) is 9.62. The van der Waals surface area contributed by atoms with Crippen molar-refractivity contribution in [3.63, 3.8) is 0 Å². The molecule has 0 aliphatic carbocycles. The molecular formula is C10H12BrNO3. The lowest BCUT2D eigenvalue weighted by atomic mass is 10.2. The third kappa shape index (κ3) is 3.53. The van der Waals surface area contributed by atoms with Crippen LogP contribution in [0.25, 0.3) is 0 Å². The first-order valence-electron chi connectivity index (χ1n) is 4.52. The van der Waals surface area contributed by atoms with Gasteiger partial charge in [0.15, 0.2) is 0 Å². The predicted molar refractivity (Wildman–Crippen MR) is 59.8 cm³/mol. The first-order chi connectivity index (χ1) is 7.15. The number of aliphatic hydroxyl groups is 1. The second-order valence-electron chi connectivity index (χ2n) is 2.99. The van der Waals surface area contributed by atoms with Crippen LogP contribution < -0.4 is 5.32 Å². The van der Waals surface area contributed by atoms with Crippen LogP contribution in [0.2, 0.25) is 0 Å². The zero-order chi connectivity index (χ0) is 11.3. The number of nitrogens with one attached hydrogen (secondary N) is 1. The van der Waals surface area contributed by atoms with Crippen LogP contribution in [0.3, 0.4) is 0 Å². The average molecular weight is 274 g/mol. The number of amides is 1. The number of phenolic OH excluding ortho intramolecular Hbond substituents is 1. The van der Waals surface area contributed by atoms with Gasteiger partial charge in [0.2, 0.25) is 0 Å². The van der Waals surface area contributed by atoms with E-state index in [0.717, 1.165) is 0 Å². The van der Waals surface area contributed by atoms with Gasteiger partial charge in [0.05, 0.1) is 5.56 Å². The normalized spacial score (nSPS) is 10.0. The number of phenols is 1. The number of benzene rings is 1. The van der Waals surface area contributed by atoms with E-state index < -0.39 is 0 Å². The van der Waals surface area contributed by atoms with E-state index in [-0.39, 0.29) is 23.8 Å². The number of carbonyl (C=O) groups is 1. The zero-order valence-electron chi connectivity index (χ0n) is 8.03. The number of aromatic hydroxyl groups is 1. The molecule has 0 aliphatic heterocycles. The smallest absolute Gasteiger partial charge is 0.255 e. The molecule has 1 aromatic carbocycles. The van der Waals surface area contributed by atoms with Crippen molar-refractivity contribution in [1.82, 2.24) is 5.32 Å². The van der Waals surface area contributed by atoms with E-state index in [0.29, 0.717) is 17.4 Å². The van der Waals surface area contributed by atoms with E-state index in [1.807, 2.05) is 0 Å². The molecule has 0 fully saturated rings. The summed E-state index contributed by atoms with van der Waals surface area (Å²) in [5, 5.41) is 20.6. The van der Waals surface area contributed by atoms with Crippen molar-refractivity contribution in [2.45, 2.75) is 6.42 Å². The highest BCUT2D eigenvalue weighted by Gasteiger charge is 2.09. The highest BCUT2D eigenvalue weighted by Crippen LogP contribution is 2.21. The van der Waals surface area contributed by atoms with Gasteiger partial charge in [0.25, 0.3) is 5.91 Å². The van der Waals surface area contributed by atoms with Crippen molar-refractivity contribution < 1.29 is 15.0 Å². The van der Waals surface area contributed by atoms with Crippen LogP contribution in [0.1, 0.15) is 16.8 Å². The summed E-state index contributed by atoms with van der Waals surface area (Å²) in [4.78, 5) is 11.5. The van der Waals surface area contributed by atoms with Crippen molar-refractivity contribution in [3.05, 3.63) is 28.2 Å². The van der Waals surface area contributed by atoms with Gasteiger partial charge < -0.3 is 15.5 Å². The minimum Gasteiger partial charge on any atom is -0.507 e. The van der Waals surface area contributed by atoms with Gasteiger partial charge in [-0.25, -0.2) is 0 Å². The first kappa shape index (κ1) is 12.0. The van der Waals surface area contributed by atoms with Crippen molar-refractivity contribution in [2.75, 3.05) is 13.2 Å². The number of halogens is 1. The molecule has 3 N–H and O–H groups in total. The Morgan fingerprint density at radius 2 is 2.20 bits per heavy atom. The summed E-state index contributed by atoms with van der Waals surface area (Å²) in [7, 11) is 0. The Kier molecular flexibility index (Phi) is 4.58. The van der Waals surface area contributed by atoms with E-state index >= 15 is 0 Å². The van der Waals surface area contributed by atoms with E-state index in [2.05, 4.69) is 21.2 Å². The molecule has 4 nitrogen and oxygen atoms in total. The Labute approximate surface area is 96.1 Å². The Hall–Kier alpha value is -1.07. The van der Waals surface area contributed by atoms with Crippen molar-refractivity contribution in [1.29, 1.82) is 0 Å². The third-order valence-corrected chi connectivity index (χ3v) is 2.32. The molecule has 1 amide bonds. The fourth-order valence-electron chi connectivity index (χ4n) is 1.07. The molecule has 1 rings (SSSR count). The average Bonchev–Trinajstić information content (AvgIpc) is 2.17. The van der Waals surface area contributed by atoms with Crippen LogP contribution in [0, 0.1) is 0 Å². The molecule has 82 valence electrons. The minimum absolute atomic E-state index is 0.0343. The number of rotatable bonds is 4. The minimum atomic E-state index is -0.339. The fraction of sp³-hybridized carbons (Fsp3) is 0.300. The summed E-state index contributed by atoms with van der Waals surface area (Å²) < 4.78 is 0.715. The summed E-state index contributed by atoms with van der Waals surface area (Å²) in [5.74, 6) is -0.403. The summed E-state index contributed by atoms with van der Waals surface area (Å²) in [6.07, 6.45) is 0.503. The molecule has 5 heteroatoms. The molecule has 0 atom stereocenters. The molecule has 0 bridgehead atoms. The molecule has 0 aliphatic rings. The van der Waals surface area contributed by atoms with Gasteiger partial charge >= 0.3 is 0 Å². The van der Waals surface area contributed by atoms with Crippen LogP contribution in [0.4, 0.5) is 0 Å². The maximum atomic E-state index is 11.5. The number of carbonyl (C=O) groups excluding carboxylic acids is 1. The molecular weight excluding hydrogens is 262 g/mol. The lowest BCUT2D eigenvalue weighted by molar-refractivity contribution is 0.0948. The van der Waals surface area contributed by atoms with Gasteiger partial charge in [-0.2, -0.15) is 0 Å². The van der Waals surface area contributed by atoms with E-state index in [1.54, 1.807) is 6.07 Å². The molecule has 15 heavy (non-hydrogen) atoms. The molecule has 0 heterocycles. The topological polar surface area (TPSA) is 69.6 Å². The fourth-order valence-corrected chi connectivity index (χ4v) is 1.42. The summed E-state index contributed by atoms with van der Waals surface area (Å²) >= 11 is 3.18. The Balaban J connectivity index is 2.65. The van der Waals surface area contributed by atoms with Crippen molar-refractivity contribution in [2.24, 2.45) is 0 Å². The Morgan fingerprint density at radius 1 is 1.47 bits per heavy atom. The third-order valence-electron chi connectivity index (χ3n) is 1.82. The molecule has 0 saturated carbocycles. The van der Waals surface area contributed by atoms with Crippen molar-refractivity contribution >= 4 is 21.8 Å². The number of hydrogen-bond donors (Lipinski definition) is 3. The van der Waals surface area contributed by atoms with Crippen LogP contribution in [-0.2, 0) is 0 Å². The summed E-state index contributed by atoms with van der Waals surface area (Å²) in [5.41, 5.74) is 0.233. The summed E-state index contributed by atoms with van der Waals surface area (Å²) in [6.45, 7) is 0.428. The maximum absolute atomic E-state index is 11.5. The standard InChI is InChI=1S/C10H12BrNO3/c11-7-2-3-8(9(14)6-7)10(15)12-4-1-5-13/h2-3,6,13-14H,1,4-5H2,(H,12,15). The Bertz CT molecular complexity index is 355. The van der Waals surface area contributed by atoms with Gasteiger partial charge in [-0.3, -0.25) is 4.79 Å². The van der Waals surface area contributed by atoms with Gasteiger partial charge in [0, 0.05) is 17.6 Å². The predicted octanol–water partition coefficient (Wildman–Crippen LogP) is 1.27. The molecule has 0 saturated heterocycles. The van der Waals surface area contributed by atoms with Crippen molar-refractivity contribution in [3.8, 4) is 5.75 Å². The molecule has 0 radical (unpaired) electrons. The number of hydrogen-bond acceptors (Lipinski definition) is 3. The highest BCUT2D eigenvalue weighted by atomic mass is 79.9. The Morgan fingerprint density at radius 3 is 2.80 bits per heavy atom. The molecule has 0 aromatic heterocycles. The second-order valence-corrected chi connectivity index (χ2v) is 3.91. The maximum Gasteiger partial charge on any atom is 0.255 e. The van der Waals surface area contributed by atoms with Crippen LogP contribution in [0.5, 0.6) is 5.75 Å². The molecule has 1 aromatic rings. The summed E-state index contributed by atoms with van der Waals surface area (Å²) in [6, 6.07) is 4.68. The lowest BCUT2D eigenvalue weighted by Crippen LogP contribution is -2.25. The van der Waals surface area contributed by atoms with E-state index in [4.69, 9.17) is 5.11 Å². The SMILES string of the molecule is O=C(NCCCO)c1ccc(Br)cc1O. The molecule has 0 unspecified atom stereocenters. The quantitative estimate of drug-likeness (QED) is 0.724. The van der Waals surface area contributed by atoms with E-state index in [1.165, 1.54) is 12.1 Å². The largest absolute Gasteiger partial charge is 0.507 e. The van der Waals surface area contributed by atoms with E-state index in [9.17, 15) is 9.90 Å². The first-order valence-corrected chi connectivity index (χ1v) is 5.32.